The van der Waals surface area contributed by atoms with Crippen LogP contribution in [0.4, 0.5) is 14.6 Å². The standard InChI is InChI=1S/C16H13F2N3/c1-21(9-11-2-4-12(17)5-3-11)16-14-8-13(18)6-7-15(14)19-10-20-16/h2-8,10H,9H2,1H3. The first kappa shape index (κ1) is 13.4. The molecule has 21 heavy (non-hydrogen) atoms. The van der Waals surface area contributed by atoms with Crippen molar-refractivity contribution in [2.24, 2.45) is 0 Å². The second-order valence-corrected chi connectivity index (χ2v) is 4.84. The summed E-state index contributed by atoms with van der Waals surface area (Å²) in [5, 5.41) is 0.655. The molecule has 5 heteroatoms. The molecule has 3 aromatic rings. The third-order valence-electron chi connectivity index (χ3n) is 3.27. The summed E-state index contributed by atoms with van der Waals surface area (Å²) < 4.78 is 26.4. The Kier molecular flexibility index (Phi) is 3.48. The zero-order valence-electron chi connectivity index (χ0n) is 11.4. The van der Waals surface area contributed by atoms with Crippen LogP contribution in [-0.4, -0.2) is 17.0 Å². The minimum absolute atomic E-state index is 0.268. The van der Waals surface area contributed by atoms with Gasteiger partial charge in [0.25, 0.3) is 0 Å². The Labute approximate surface area is 120 Å². The fourth-order valence-electron chi connectivity index (χ4n) is 2.26. The van der Waals surface area contributed by atoms with Gasteiger partial charge in [-0.1, -0.05) is 12.1 Å². The highest BCUT2D eigenvalue weighted by atomic mass is 19.1. The summed E-state index contributed by atoms with van der Waals surface area (Å²) in [6, 6.07) is 10.7. The van der Waals surface area contributed by atoms with Gasteiger partial charge in [0, 0.05) is 19.0 Å². The highest BCUT2D eigenvalue weighted by Crippen LogP contribution is 2.24. The van der Waals surface area contributed by atoms with Crippen LogP contribution in [0.25, 0.3) is 10.9 Å². The lowest BCUT2D eigenvalue weighted by Gasteiger charge is -2.19. The number of rotatable bonds is 3. The maximum atomic E-state index is 13.4. The minimum Gasteiger partial charge on any atom is -0.355 e. The van der Waals surface area contributed by atoms with E-state index >= 15 is 0 Å². The van der Waals surface area contributed by atoms with Crippen LogP contribution in [0.1, 0.15) is 5.56 Å². The average Bonchev–Trinajstić information content (AvgIpc) is 2.49. The fraction of sp³-hybridized carbons (Fsp3) is 0.125. The lowest BCUT2D eigenvalue weighted by atomic mass is 10.2. The monoisotopic (exact) mass is 285 g/mol. The first-order valence-corrected chi connectivity index (χ1v) is 6.49. The predicted molar refractivity (Wildman–Crippen MR) is 78.0 cm³/mol. The van der Waals surface area contributed by atoms with Gasteiger partial charge >= 0.3 is 0 Å². The van der Waals surface area contributed by atoms with Crippen LogP contribution in [-0.2, 0) is 6.54 Å². The van der Waals surface area contributed by atoms with Gasteiger partial charge in [-0.05, 0) is 35.9 Å². The molecule has 3 nitrogen and oxygen atoms in total. The molecule has 0 amide bonds. The second-order valence-electron chi connectivity index (χ2n) is 4.84. The summed E-state index contributed by atoms with van der Waals surface area (Å²) in [5.74, 6) is 0.0496. The molecule has 0 aliphatic heterocycles. The number of fused-ring (bicyclic) bond motifs is 1. The Bertz CT molecular complexity index is 772. The first-order chi connectivity index (χ1) is 10.1. The highest BCUT2D eigenvalue weighted by molar-refractivity contribution is 5.89. The summed E-state index contributed by atoms with van der Waals surface area (Å²) in [4.78, 5) is 10.3. The average molecular weight is 285 g/mol. The molecule has 0 N–H and O–H groups in total. The van der Waals surface area contributed by atoms with Crippen molar-refractivity contribution in [2.45, 2.75) is 6.54 Å². The van der Waals surface area contributed by atoms with E-state index in [1.54, 1.807) is 18.2 Å². The van der Waals surface area contributed by atoms with Gasteiger partial charge in [0.1, 0.15) is 23.8 Å². The van der Waals surface area contributed by atoms with Gasteiger partial charge in [0.05, 0.1) is 5.52 Å². The maximum absolute atomic E-state index is 13.4. The summed E-state index contributed by atoms with van der Waals surface area (Å²) in [6.45, 7) is 0.545. The van der Waals surface area contributed by atoms with E-state index in [0.29, 0.717) is 23.3 Å². The molecule has 0 aliphatic carbocycles. The molecule has 0 saturated heterocycles. The minimum atomic E-state index is -0.325. The van der Waals surface area contributed by atoms with Gasteiger partial charge in [-0.2, -0.15) is 0 Å². The van der Waals surface area contributed by atoms with Crippen molar-refractivity contribution in [1.82, 2.24) is 9.97 Å². The molecule has 0 unspecified atom stereocenters. The molecular formula is C16H13F2N3. The maximum Gasteiger partial charge on any atom is 0.140 e. The third-order valence-corrected chi connectivity index (χ3v) is 3.27. The smallest absolute Gasteiger partial charge is 0.140 e. The Morgan fingerprint density at radius 1 is 0.952 bits per heavy atom. The topological polar surface area (TPSA) is 29.0 Å². The molecule has 0 bridgehead atoms. The van der Waals surface area contributed by atoms with Gasteiger partial charge in [0.2, 0.25) is 0 Å². The Morgan fingerprint density at radius 2 is 1.67 bits per heavy atom. The zero-order chi connectivity index (χ0) is 14.8. The van der Waals surface area contributed by atoms with Gasteiger partial charge in [-0.25, -0.2) is 18.7 Å². The highest BCUT2D eigenvalue weighted by Gasteiger charge is 2.10. The molecule has 2 aromatic carbocycles. The van der Waals surface area contributed by atoms with Crippen LogP contribution >= 0.6 is 0 Å². The van der Waals surface area contributed by atoms with Crippen molar-refractivity contribution in [1.29, 1.82) is 0 Å². The Balaban J connectivity index is 1.95. The number of hydrogen-bond donors (Lipinski definition) is 0. The van der Waals surface area contributed by atoms with Crippen LogP contribution in [0.15, 0.2) is 48.8 Å². The van der Waals surface area contributed by atoms with Crippen LogP contribution in [0, 0.1) is 11.6 Å². The zero-order valence-corrected chi connectivity index (χ0v) is 11.4. The quantitative estimate of drug-likeness (QED) is 0.737. The number of anilines is 1. The number of benzene rings is 2. The number of aromatic nitrogens is 2. The molecule has 106 valence electrons. The molecular weight excluding hydrogens is 272 g/mol. The van der Waals surface area contributed by atoms with E-state index in [1.807, 2.05) is 11.9 Å². The first-order valence-electron chi connectivity index (χ1n) is 6.49. The summed E-state index contributed by atoms with van der Waals surface area (Å²) in [5.41, 5.74) is 1.63. The van der Waals surface area contributed by atoms with Crippen molar-refractivity contribution in [3.8, 4) is 0 Å². The summed E-state index contributed by atoms with van der Waals surface area (Å²) >= 11 is 0. The molecule has 0 atom stereocenters. The van der Waals surface area contributed by atoms with Crippen molar-refractivity contribution in [2.75, 3.05) is 11.9 Å². The lowest BCUT2D eigenvalue weighted by molar-refractivity contribution is 0.626. The van der Waals surface area contributed by atoms with Gasteiger partial charge in [-0.3, -0.25) is 0 Å². The molecule has 1 aromatic heterocycles. The Morgan fingerprint density at radius 3 is 2.43 bits per heavy atom. The van der Waals surface area contributed by atoms with E-state index in [9.17, 15) is 8.78 Å². The van der Waals surface area contributed by atoms with E-state index in [0.717, 1.165) is 5.56 Å². The molecule has 0 fully saturated rings. The van der Waals surface area contributed by atoms with Gasteiger partial charge in [0.15, 0.2) is 0 Å². The van der Waals surface area contributed by atoms with E-state index in [1.165, 1.54) is 30.6 Å². The number of halogens is 2. The molecule has 0 radical (unpaired) electrons. The third kappa shape index (κ3) is 2.81. The summed E-state index contributed by atoms with van der Waals surface area (Å²) in [6.07, 6.45) is 1.46. The number of hydrogen-bond acceptors (Lipinski definition) is 3. The van der Waals surface area contributed by atoms with Crippen LogP contribution < -0.4 is 4.90 Å². The lowest BCUT2D eigenvalue weighted by Crippen LogP contribution is -2.18. The van der Waals surface area contributed by atoms with Crippen molar-refractivity contribution in [3.63, 3.8) is 0 Å². The summed E-state index contributed by atoms with van der Waals surface area (Å²) in [7, 11) is 1.86. The normalized spacial score (nSPS) is 10.8. The SMILES string of the molecule is CN(Cc1ccc(F)cc1)c1ncnc2ccc(F)cc12. The second kappa shape index (κ2) is 5.44. The van der Waals surface area contributed by atoms with Crippen LogP contribution in [0.3, 0.4) is 0 Å². The van der Waals surface area contributed by atoms with Crippen LogP contribution in [0.2, 0.25) is 0 Å². The molecule has 3 rings (SSSR count). The molecule has 0 saturated carbocycles. The fourth-order valence-corrected chi connectivity index (χ4v) is 2.26. The largest absolute Gasteiger partial charge is 0.355 e. The molecule has 1 heterocycles. The van der Waals surface area contributed by atoms with E-state index in [2.05, 4.69) is 9.97 Å². The Hall–Kier alpha value is -2.56. The molecule has 0 spiro atoms. The van der Waals surface area contributed by atoms with E-state index in [4.69, 9.17) is 0 Å². The van der Waals surface area contributed by atoms with Crippen molar-refractivity contribution < 1.29 is 8.78 Å². The van der Waals surface area contributed by atoms with Gasteiger partial charge < -0.3 is 4.90 Å². The molecule has 0 aliphatic rings. The van der Waals surface area contributed by atoms with E-state index in [-0.39, 0.29) is 11.6 Å². The van der Waals surface area contributed by atoms with Gasteiger partial charge in [-0.15, -0.1) is 0 Å². The van der Waals surface area contributed by atoms with Crippen molar-refractivity contribution >= 4 is 16.7 Å². The number of nitrogens with zero attached hydrogens (tertiary/aromatic N) is 3. The van der Waals surface area contributed by atoms with Crippen molar-refractivity contribution in [3.05, 3.63) is 66.0 Å². The van der Waals surface area contributed by atoms with Crippen LogP contribution in [0.5, 0.6) is 0 Å². The predicted octanol–water partition coefficient (Wildman–Crippen LogP) is 3.54. The van der Waals surface area contributed by atoms with E-state index < -0.39 is 0 Å².